The van der Waals surface area contributed by atoms with Gasteiger partial charge in [0.05, 0.1) is 78.0 Å². The van der Waals surface area contributed by atoms with Crippen molar-refractivity contribution in [1.29, 1.82) is 0 Å². The Morgan fingerprint density at radius 2 is 1.19 bits per heavy atom. The second-order valence-corrected chi connectivity index (χ2v) is 16.2. The zero-order chi connectivity index (χ0) is 43.9. The lowest BCUT2D eigenvalue weighted by molar-refractivity contribution is -0.192. The van der Waals surface area contributed by atoms with Crippen molar-refractivity contribution < 1.29 is 62.3 Å². The number of methoxy groups -OCH3 is 3. The van der Waals surface area contributed by atoms with Crippen LogP contribution < -0.4 is 14.2 Å². The number of aliphatic carboxylic acids is 1. The van der Waals surface area contributed by atoms with Crippen LogP contribution in [0.2, 0.25) is 0 Å². The molecule has 0 aliphatic carbocycles. The highest BCUT2D eigenvalue weighted by atomic mass is 16.7. The maximum absolute atomic E-state index is 13.5. The summed E-state index contributed by atoms with van der Waals surface area (Å²) >= 11 is 0. The van der Waals surface area contributed by atoms with Gasteiger partial charge in [0.25, 0.3) is 11.8 Å². The van der Waals surface area contributed by atoms with Crippen molar-refractivity contribution in [2.45, 2.75) is 69.2 Å². The van der Waals surface area contributed by atoms with Crippen LogP contribution in [0.5, 0.6) is 17.2 Å². The Labute approximate surface area is 360 Å². The number of unbranched alkanes of at least 4 members (excludes halogenated alkanes) is 2. The molecule has 3 aromatic rings. The lowest BCUT2D eigenvalue weighted by Gasteiger charge is -2.44. The maximum atomic E-state index is 13.5. The van der Waals surface area contributed by atoms with Crippen LogP contribution >= 0.6 is 0 Å². The van der Waals surface area contributed by atoms with E-state index in [0.29, 0.717) is 68.9 Å². The van der Waals surface area contributed by atoms with Gasteiger partial charge in [-0.05, 0) is 78.8 Å². The zero-order valence-corrected chi connectivity index (χ0v) is 35.3. The number of esters is 1. The standard InChI is InChI=1S/C47H54N2O13/c1-56-34-14-8-31(9-15-34)47(32-10-16-35(57-2)17-11-32,33-12-18-36(58-3)19-13-33)60-30-46(29-59-41(53)23-22-40(51)52)24-26-48(27-25-46)39(50)7-5-4-6-28-61-49-44(54)42-37-20-21-38(62-37)43(42)45(49)55/h8-21,37-38,42-43H,4-7,22-30H2,1-3H3,(H,51,52). The van der Waals surface area contributed by atoms with Gasteiger partial charge in [-0.15, -0.1) is 0 Å². The Morgan fingerprint density at radius 3 is 1.66 bits per heavy atom. The van der Waals surface area contributed by atoms with Gasteiger partial charge in [0.15, 0.2) is 0 Å². The number of carboxylic acid groups (broad SMARTS) is 1. The molecule has 4 atom stereocenters. The molecule has 1 N–H and O–H groups in total. The van der Waals surface area contributed by atoms with Crippen LogP contribution in [-0.2, 0) is 48.6 Å². The van der Waals surface area contributed by atoms with Gasteiger partial charge in [-0.2, -0.15) is 5.06 Å². The summed E-state index contributed by atoms with van der Waals surface area (Å²) in [7, 11) is 4.81. The van der Waals surface area contributed by atoms with E-state index in [0.717, 1.165) is 21.8 Å². The minimum Gasteiger partial charge on any atom is -0.497 e. The monoisotopic (exact) mass is 854 g/mol. The van der Waals surface area contributed by atoms with E-state index in [1.165, 1.54) is 0 Å². The van der Waals surface area contributed by atoms with Crippen LogP contribution in [0.3, 0.4) is 0 Å². The maximum Gasteiger partial charge on any atom is 0.306 e. The van der Waals surface area contributed by atoms with Crippen molar-refractivity contribution in [1.82, 2.24) is 9.96 Å². The van der Waals surface area contributed by atoms with Crippen LogP contribution in [0, 0.1) is 17.3 Å². The summed E-state index contributed by atoms with van der Waals surface area (Å²) in [5.41, 5.74) is 0.482. The number of nitrogens with zero attached hydrogens (tertiary/aromatic N) is 2. The third-order valence-electron chi connectivity index (χ3n) is 12.5. The first-order valence-corrected chi connectivity index (χ1v) is 21.1. The van der Waals surface area contributed by atoms with Gasteiger partial charge in [0, 0.05) is 24.9 Å². The summed E-state index contributed by atoms with van der Waals surface area (Å²) in [6.07, 6.45) is 5.31. The molecule has 3 fully saturated rings. The predicted octanol–water partition coefficient (Wildman–Crippen LogP) is 5.47. The number of piperidine rings is 1. The first kappa shape index (κ1) is 44.3. The van der Waals surface area contributed by atoms with Crippen molar-refractivity contribution in [2.24, 2.45) is 17.3 Å². The number of hydrogen-bond donors (Lipinski definition) is 1. The second-order valence-electron chi connectivity index (χ2n) is 16.2. The quantitative estimate of drug-likeness (QED) is 0.0470. The number of ether oxygens (including phenoxy) is 6. The van der Waals surface area contributed by atoms with Crippen LogP contribution in [0.25, 0.3) is 0 Å². The van der Waals surface area contributed by atoms with E-state index in [1.54, 1.807) is 21.3 Å². The molecular formula is C47H54N2O13. The van der Waals surface area contributed by atoms with E-state index < -0.39 is 34.8 Å². The fraction of sp³-hybridized carbons (Fsp3) is 0.468. The molecule has 7 rings (SSSR count). The van der Waals surface area contributed by atoms with Crippen molar-refractivity contribution >= 4 is 29.7 Å². The fourth-order valence-electron chi connectivity index (χ4n) is 8.84. The van der Waals surface area contributed by atoms with Crippen molar-refractivity contribution in [3.63, 3.8) is 0 Å². The average Bonchev–Trinajstić information content (AvgIpc) is 4.00. The smallest absolute Gasteiger partial charge is 0.306 e. The number of carbonyl (C=O) groups excluding carboxylic acids is 4. The first-order chi connectivity index (χ1) is 30.0. The molecule has 330 valence electrons. The summed E-state index contributed by atoms with van der Waals surface area (Å²) in [6.45, 7) is 1.03. The van der Waals surface area contributed by atoms with Gasteiger partial charge in [-0.1, -0.05) is 55.0 Å². The fourth-order valence-corrected chi connectivity index (χ4v) is 8.84. The molecule has 4 heterocycles. The van der Waals surface area contributed by atoms with Crippen LogP contribution in [0.1, 0.15) is 68.1 Å². The van der Waals surface area contributed by atoms with Crippen LogP contribution in [0.15, 0.2) is 84.9 Å². The Morgan fingerprint density at radius 1 is 0.694 bits per heavy atom. The largest absolute Gasteiger partial charge is 0.497 e. The van der Waals surface area contributed by atoms with E-state index in [1.807, 2.05) is 89.8 Å². The van der Waals surface area contributed by atoms with Gasteiger partial charge in [-0.25, -0.2) is 0 Å². The molecule has 2 bridgehead atoms. The number of carboxylic acids is 1. The number of likely N-dealkylation sites (tertiary alicyclic amines) is 1. The van der Waals surface area contributed by atoms with Gasteiger partial charge >= 0.3 is 11.9 Å². The minimum absolute atomic E-state index is 0.0105. The Bertz CT molecular complexity index is 1950. The molecule has 0 saturated carbocycles. The molecule has 15 heteroatoms. The normalized spacial score (nSPS) is 21.2. The molecule has 4 aliphatic heterocycles. The SMILES string of the molecule is COc1ccc(C(OCC2(COC(=O)CCC(=O)O)CCN(C(=O)CCCCCON3C(=O)C4C5C=CC(O5)C4C3=O)CC2)(c2ccc(OC)cc2)c2ccc(OC)cc2)cc1. The number of rotatable bonds is 21. The highest BCUT2D eigenvalue weighted by Crippen LogP contribution is 2.46. The topological polar surface area (TPSA) is 177 Å². The molecule has 4 unspecified atom stereocenters. The molecule has 0 spiro atoms. The summed E-state index contributed by atoms with van der Waals surface area (Å²) in [4.78, 5) is 70.8. The van der Waals surface area contributed by atoms with Gasteiger partial charge in [-0.3, -0.25) is 28.8 Å². The van der Waals surface area contributed by atoms with Gasteiger partial charge in [0.1, 0.15) is 22.8 Å². The number of hydroxylamine groups is 2. The molecule has 0 radical (unpaired) electrons. The van der Waals surface area contributed by atoms with Crippen LogP contribution in [-0.4, -0.2) is 111 Å². The molecule has 3 saturated heterocycles. The number of hydrogen-bond acceptors (Lipinski definition) is 12. The zero-order valence-electron chi connectivity index (χ0n) is 35.3. The molecule has 62 heavy (non-hydrogen) atoms. The lowest BCUT2D eigenvalue weighted by atomic mass is 9.77. The summed E-state index contributed by atoms with van der Waals surface area (Å²) in [5.74, 6) is -1.49. The summed E-state index contributed by atoms with van der Waals surface area (Å²) < 4.78 is 35.3. The van der Waals surface area contributed by atoms with E-state index in [2.05, 4.69) is 0 Å². The molecule has 15 nitrogen and oxygen atoms in total. The van der Waals surface area contributed by atoms with E-state index in [4.69, 9.17) is 33.3 Å². The highest BCUT2D eigenvalue weighted by Gasteiger charge is 2.61. The van der Waals surface area contributed by atoms with E-state index in [-0.39, 0.29) is 62.6 Å². The summed E-state index contributed by atoms with van der Waals surface area (Å²) in [6, 6.07) is 22.9. The van der Waals surface area contributed by atoms with Gasteiger partial charge in [0.2, 0.25) is 5.91 Å². The molecular weight excluding hydrogens is 801 g/mol. The predicted molar refractivity (Wildman–Crippen MR) is 222 cm³/mol. The van der Waals surface area contributed by atoms with Crippen LogP contribution in [0.4, 0.5) is 0 Å². The highest BCUT2D eigenvalue weighted by molar-refractivity contribution is 6.05. The number of imide groups is 1. The summed E-state index contributed by atoms with van der Waals surface area (Å²) in [5, 5.41) is 10.1. The minimum atomic E-state index is -1.19. The second kappa shape index (κ2) is 19.5. The first-order valence-electron chi connectivity index (χ1n) is 21.1. The van der Waals surface area contributed by atoms with E-state index in [9.17, 15) is 29.1 Å². The molecule has 0 aromatic heterocycles. The Kier molecular flexibility index (Phi) is 13.9. The van der Waals surface area contributed by atoms with Crippen molar-refractivity contribution in [3.8, 4) is 17.2 Å². The molecule has 3 aromatic carbocycles. The number of amides is 3. The average molecular weight is 855 g/mol. The lowest BCUT2D eigenvalue weighted by Crippen LogP contribution is -2.49. The Hall–Kier alpha value is -5.77. The molecule has 3 amide bonds. The van der Waals surface area contributed by atoms with Crippen molar-refractivity contribution in [2.75, 3.05) is 54.2 Å². The number of carbonyl (C=O) groups is 5. The van der Waals surface area contributed by atoms with Crippen molar-refractivity contribution in [3.05, 3.63) is 102 Å². The number of fused-ring (bicyclic) bond motifs is 5. The van der Waals surface area contributed by atoms with Gasteiger partial charge < -0.3 is 38.4 Å². The Balaban J connectivity index is 1.03. The third kappa shape index (κ3) is 9.34. The third-order valence-corrected chi connectivity index (χ3v) is 12.5. The molecule has 4 aliphatic rings. The number of benzene rings is 3. The van der Waals surface area contributed by atoms with E-state index >= 15 is 0 Å².